The molecule has 0 radical (unpaired) electrons. The molecular weight excluding hydrogens is 277 g/mol. The summed E-state index contributed by atoms with van der Waals surface area (Å²) in [4.78, 5) is 12.1. The summed E-state index contributed by atoms with van der Waals surface area (Å²) in [6.45, 7) is 1.92. The van der Waals surface area contributed by atoms with E-state index >= 15 is 0 Å². The van der Waals surface area contributed by atoms with E-state index in [0.29, 0.717) is 12.8 Å². The van der Waals surface area contributed by atoms with Gasteiger partial charge in [-0.15, -0.1) is 0 Å². The van der Waals surface area contributed by atoms with E-state index in [1.54, 1.807) is 6.92 Å². The van der Waals surface area contributed by atoms with Gasteiger partial charge in [-0.2, -0.15) is 13.2 Å². The summed E-state index contributed by atoms with van der Waals surface area (Å²) in [5.41, 5.74) is 5.40. The molecule has 0 aliphatic heterocycles. The Bertz CT molecular complexity index is 346. The van der Waals surface area contributed by atoms with Gasteiger partial charge in [0.2, 0.25) is 5.91 Å². The van der Waals surface area contributed by atoms with Gasteiger partial charge in [-0.25, -0.2) is 0 Å². The highest BCUT2D eigenvalue weighted by Crippen LogP contribution is 2.41. The molecule has 7 heteroatoms. The van der Waals surface area contributed by atoms with Gasteiger partial charge in [0, 0.05) is 18.4 Å². The zero-order chi connectivity index (χ0) is 14.6. The quantitative estimate of drug-likeness (QED) is 0.783. The Morgan fingerprint density at radius 3 is 2.53 bits per heavy atom. The number of hydrogen-bond donors (Lipinski definition) is 2. The lowest BCUT2D eigenvalue weighted by Crippen LogP contribution is -2.44. The van der Waals surface area contributed by atoms with E-state index in [2.05, 4.69) is 5.32 Å². The fourth-order valence-electron chi connectivity index (χ4n) is 2.32. The number of amides is 1. The molecule has 1 saturated carbocycles. The molecule has 0 aromatic carbocycles. The third-order valence-corrected chi connectivity index (χ3v) is 3.99. The Morgan fingerprint density at radius 2 is 2.00 bits per heavy atom. The van der Waals surface area contributed by atoms with Crippen molar-refractivity contribution in [3.63, 3.8) is 0 Å². The lowest BCUT2D eigenvalue weighted by Gasteiger charge is -2.32. The van der Waals surface area contributed by atoms with Gasteiger partial charge in [0.25, 0.3) is 0 Å². The molecule has 1 amide bonds. The summed E-state index contributed by atoms with van der Waals surface area (Å²) in [6, 6.07) is 0. The van der Waals surface area contributed by atoms with Crippen molar-refractivity contribution in [1.29, 1.82) is 0 Å². The number of carbonyl (C=O) groups is 1. The second-order valence-electron chi connectivity index (χ2n) is 5.09. The van der Waals surface area contributed by atoms with E-state index in [4.69, 9.17) is 18.0 Å². The molecule has 110 valence electrons. The first-order chi connectivity index (χ1) is 8.73. The number of alkyl halides is 3. The molecule has 1 fully saturated rings. The van der Waals surface area contributed by atoms with Crippen LogP contribution in [0, 0.1) is 17.8 Å². The van der Waals surface area contributed by atoms with Crippen molar-refractivity contribution in [3.05, 3.63) is 0 Å². The van der Waals surface area contributed by atoms with Crippen LogP contribution in [0.3, 0.4) is 0 Å². The highest BCUT2D eigenvalue weighted by atomic mass is 32.1. The van der Waals surface area contributed by atoms with Crippen LogP contribution >= 0.6 is 12.2 Å². The summed E-state index contributed by atoms with van der Waals surface area (Å²) in [5.74, 6) is -3.26. The molecule has 0 spiro atoms. The Morgan fingerprint density at radius 1 is 1.42 bits per heavy atom. The molecule has 0 heterocycles. The molecular formula is C12H19F3N2OS. The maximum atomic E-state index is 12.9. The van der Waals surface area contributed by atoms with E-state index in [0.717, 1.165) is 0 Å². The van der Waals surface area contributed by atoms with Gasteiger partial charge in [-0.05, 0) is 12.8 Å². The second kappa shape index (κ2) is 6.54. The first-order valence-electron chi connectivity index (χ1n) is 6.37. The Hall–Kier alpha value is -0.850. The van der Waals surface area contributed by atoms with Crippen molar-refractivity contribution in [2.24, 2.45) is 23.5 Å². The minimum Gasteiger partial charge on any atom is -0.393 e. The van der Waals surface area contributed by atoms with Crippen LogP contribution in [0.5, 0.6) is 0 Å². The smallest absolute Gasteiger partial charge is 0.392 e. The molecule has 1 aliphatic carbocycles. The maximum absolute atomic E-state index is 12.9. The SMILES string of the molecule is CC(CNC(=O)C1CCCCC1C(F)(F)F)C(N)=S. The predicted octanol–water partition coefficient (Wildman–Crippen LogP) is 2.39. The normalized spacial score (nSPS) is 25.7. The minimum absolute atomic E-state index is 0.0342. The summed E-state index contributed by atoms with van der Waals surface area (Å²) in [6.07, 6.45) is -2.80. The van der Waals surface area contributed by atoms with Gasteiger partial charge in [-0.1, -0.05) is 32.0 Å². The van der Waals surface area contributed by atoms with Crippen molar-refractivity contribution < 1.29 is 18.0 Å². The number of hydrogen-bond acceptors (Lipinski definition) is 2. The average Bonchev–Trinajstić information content (AvgIpc) is 2.34. The van der Waals surface area contributed by atoms with Gasteiger partial charge in [-0.3, -0.25) is 4.79 Å². The standard InChI is InChI=1S/C12H19F3N2OS/c1-7(10(16)19)6-17-11(18)8-4-2-3-5-9(8)12(13,14)15/h7-9H,2-6H2,1H3,(H2,16,19)(H,17,18). The van der Waals surface area contributed by atoms with Crippen molar-refractivity contribution in [1.82, 2.24) is 5.32 Å². The van der Waals surface area contributed by atoms with Crippen LogP contribution in [0.15, 0.2) is 0 Å². The molecule has 0 aromatic heterocycles. The lowest BCUT2D eigenvalue weighted by atomic mass is 9.78. The molecule has 19 heavy (non-hydrogen) atoms. The highest BCUT2D eigenvalue weighted by molar-refractivity contribution is 7.80. The number of rotatable bonds is 4. The first kappa shape index (κ1) is 16.2. The van der Waals surface area contributed by atoms with Crippen LogP contribution in [0.1, 0.15) is 32.6 Å². The monoisotopic (exact) mass is 296 g/mol. The van der Waals surface area contributed by atoms with Gasteiger partial charge in [0.1, 0.15) is 0 Å². The van der Waals surface area contributed by atoms with E-state index in [1.807, 2.05) is 0 Å². The number of nitrogens with one attached hydrogen (secondary N) is 1. The van der Waals surface area contributed by atoms with Crippen LogP contribution in [0.2, 0.25) is 0 Å². The molecule has 0 saturated heterocycles. The highest BCUT2D eigenvalue weighted by Gasteiger charge is 2.47. The van der Waals surface area contributed by atoms with E-state index in [-0.39, 0.29) is 30.3 Å². The zero-order valence-corrected chi connectivity index (χ0v) is 11.6. The van der Waals surface area contributed by atoms with Crippen molar-refractivity contribution >= 4 is 23.1 Å². The van der Waals surface area contributed by atoms with E-state index in [1.165, 1.54) is 0 Å². The Kier molecular flexibility index (Phi) is 5.58. The molecule has 3 atom stereocenters. The van der Waals surface area contributed by atoms with Crippen LogP contribution in [0.25, 0.3) is 0 Å². The van der Waals surface area contributed by atoms with Crippen molar-refractivity contribution in [2.45, 2.75) is 38.8 Å². The number of halogens is 3. The van der Waals surface area contributed by atoms with E-state index in [9.17, 15) is 18.0 Å². The largest absolute Gasteiger partial charge is 0.393 e. The van der Waals surface area contributed by atoms with Crippen molar-refractivity contribution in [3.8, 4) is 0 Å². The topological polar surface area (TPSA) is 55.1 Å². The van der Waals surface area contributed by atoms with Gasteiger partial charge in [0.05, 0.1) is 10.9 Å². The summed E-state index contributed by atoms with van der Waals surface area (Å²) in [5, 5.41) is 2.53. The summed E-state index contributed by atoms with van der Waals surface area (Å²) >= 11 is 4.76. The lowest BCUT2D eigenvalue weighted by molar-refractivity contribution is -0.198. The fraction of sp³-hybridized carbons (Fsp3) is 0.833. The molecule has 1 aliphatic rings. The molecule has 0 aromatic rings. The van der Waals surface area contributed by atoms with Crippen LogP contribution in [0.4, 0.5) is 13.2 Å². The van der Waals surface area contributed by atoms with Gasteiger partial charge >= 0.3 is 6.18 Å². The third kappa shape index (κ3) is 4.63. The molecule has 3 N–H and O–H groups in total. The maximum Gasteiger partial charge on any atom is 0.392 e. The predicted molar refractivity (Wildman–Crippen MR) is 70.5 cm³/mol. The Labute approximate surface area is 116 Å². The summed E-state index contributed by atoms with van der Waals surface area (Å²) < 4.78 is 38.6. The molecule has 3 nitrogen and oxygen atoms in total. The first-order valence-corrected chi connectivity index (χ1v) is 6.78. The third-order valence-electron chi connectivity index (χ3n) is 3.59. The van der Waals surface area contributed by atoms with Gasteiger partial charge < -0.3 is 11.1 Å². The number of nitrogens with two attached hydrogens (primary N) is 1. The number of thiocarbonyl (C=S) groups is 1. The van der Waals surface area contributed by atoms with Crippen LogP contribution in [-0.4, -0.2) is 23.6 Å². The Balaban J connectivity index is 2.60. The second-order valence-corrected chi connectivity index (χ2v) is 5.56. The van der Waals surface area contributed by atoms with E-state index < -0.39 is 23.9 Å². The molecule has 0 bridgehead atoms. The minimum atomic E-state index is -4.31. The van der Waals surface area contributed by atoms with Crippen LogP contribution < -0.4 is 11.1 Å². The number of carbonyl (C=O) groups excluding carboxylic acids is 1. The average molecular weight is 296 g/mol. The van der Waals surface area contributed by atoms with Crippen molar-refractivity contribution in [2.75, 3.05) is 6.54 Å². The van der Waals surface area contributed by atoms with Crippen LogP contribution in [-0.2, 0) is 4.79 Å². The summed E-state index contributed by atoms with van der Waals surface area (Å²) in [7, 11) is 0. The molecule has 1 rings (SSSR count). The molecule has 3 unspecified atom stereocenters. The fourth-order valence-corrected chi connectivity index (χ4v) is 2.41. The van der Waals surface area contributed by atoms with Gasteiger partial charge in [0.15, 0.2) is 0 Å². The zero-order valence-electron chi connectivity index (χ0n) is 10.8.